The van der Waals surface area contributed by atoms with E-state index in [0.29, 0.717) is 5.56 Å². The van der Waals surface area contributed by atoms with E-state index in [1.54, 1.807) is 13.0 Å². The molecule has 0 saturated heterocycles. The van der Waals surface area contributed by atoms with Gasteiger partial charge in [-0.15, -0.1) is 0 Å². The lowest BCUT2D eigenvalue weighted by molar-refractivity contribution is -0.384. The number of rotatable bonds is 3. The van der Waals surface area contributed by atoms with E-state index in [-0.39, 0.29) is 22.0 Å². The number of anilines is 1. The van der Waals surface area contributed by atoms with E-state index in [2.05, 4.69) is 5.32 Å². The van der Waals surface area contributed by atoms with E-state index in [4.69, 9.17) is 11.6 Å². The molecule has 1 N–H and O–H groups in total. The molecule has 0 fully saturated rings. The molecule has 2 rings (SSSR count). The zero-order valence-electron chi connectivity index (χ0n) is 10.9. The van der Waals surface area contributed by atoms with Crippen molar-refractivity contribution >= 4 is 28.9 Å². The molecule has 0 aromatic heterocycles. The van der Waals surface area contributed by atoms with Crippen LogP contribution >= 0.6 is 11.6 Å². The molecule has 2 aromatic carbocycles. The summed E-state index contributed by atoms with van der Waals surface area (Å²) < 4.78 is 13.2. The number of halogens is 2. The summed E-state index contributed by atoms with van der Waals surface area (Å²) in [5, 5.41) is 13.1. The molecule has 7 heteroatoms. The first-order chi connectivity index (χ1) is 9.86. The summed E-state index contributed by atoms with van der Waals surface area (Å²) in [5.74, 6) is -1.04. The lowest BCUT2D eigenvalue weighted by atomic mass is 10.1. The molecule has 0 bridgehead atoms. The molecule has 0 atom stereocenters. The van der Waals surface area contributed by atoms with Gasteiger partial charge in [-0.3, -0.25) is 14.9 Å². The van der Waals surface area contributed by atoms with Crippen molar-refractivity contribution in [1.82, 2.24) is 0 Å². The molecule has 0 aliphatic carbocycles. The number of amides is 1. The third kappa shape index (κ3) is 3.55. The Morgan fingerprint density at radius 3 is 2.57 bits per heavy atom. The van der Waals surface area contributed by atoms with Gasteiger partial charge >= 0.3 is 0 Å². The molecule has 21 heavy (non-hydrogen) atoms. The minimum atomic E-state index is -0.608. The Morgan fingerprint density at radius 2 is 2.00 bits per heavy atom. The third-order valence-corrected chi connectivity index (χ3v) is 3.02. The second kappa shape index (κ2) is 5.88. The second-order valence-electron chi connectivity index (χ2n) is 4.39. The SMILES string of the molecule is Cc1cc(F)cc(NC(=O)c2ccc([N+](=O)[O-])cc2Cl)c1. The summed E-state index contributed by atoms with van der Waals surface area (Å²) in [6, 6.07) is 7.62. The highest BCUT2D eigenvalue weighted by molar-refractivity contribution is 6.34. The Morgan fingerprint density at radius 1 is 1.29 bits per heavy atom. The van der Waals surface area contributed by atoms with Gasteiger partial charge in [0.1, 0.15) is 5.82 Å². The molecule has 0 radical (unpaired) electrons. The molecule has 5 nitrogen and oxygen atoms in total. The summed E-state index contributed by atoms with van der Waals surface area (Å²) in [6.45, 7) is 1.69. The van der Waals surface area contributed by atoms with Crippen molar-refractivity contribution < 1.29 is 14.1 Å². The quantitative estimate of drug-likeness (QED) is 0.689. The normalized spacial score (nSPS) is 10.2. The largest absolute Gasteiger partial charge is 0.322 e. The van der Waals surface area contributed by atoms with Crippen molar-refractivity contribution in [2.45, 2.75) is 6.92 Å². The Kier molecular flexibility index (Phi) is 4.18. The number of nitro benzene ring substituents is 1. The van der Waals surface area contributed by atoms with Gasteiger partial charge in [0.2, 0.25) is 0 Å². The highest BCUT2D eigenvalue weighted by atomic mass is 35.5. The molecular formula is C14H10ClFN2O3. The topological polar surface area (TPSA) is 72.2 Å². The fourth-order valence-electron chi connectivity index (χ4n) is 1.81. The van der Waals surface area contributed by atoms with E-state index in [0.717, 1.165) is 6.07 Å². The maximum atomic E-state index is 13.2. The Hall–Kier alpha value is -2.47. The minimum absolute atomic E-state index is 0.0465. The lowest BCUT2D eigenvalue weighted by Crippen LogP contribution is -2.13. The van der Waals surface area contributed by atoms with Crippen molar-refractivity contribution in [1.29, 1.82) is 0 Å². The van der Waals surface area contributed by atoms with Crippen molar-refractivity contribution in [2.24, 2.45) is 0 Å². The van der Waals surface area contributed by atoms with E-state index in [1.807, 2.05) is 0 Å². The van der Waals surface area contributed by atoms with Crippen LogP contribution in [0.5, 0.6) is 0 Å². The van der Waals surface area contributed by atoms with E-state index < -0.39 is 16.6 Å². The average molecular weight is 309 g/mol. The molecular weight excluding hydrogens is 299 g/mol. The van der Waals surface area contributed by atoms with Gasteiger partial charge in [0, 0.05) is 17.8 Å². The first kappa shape index (κ1) is 14.9. The number of aryl methyl sites for hydroxylation is 1. The van der Waals surface area contributed by atoms with Gasteiger partial charge in [0.15, 0.2) is 0 Å². The number of nitrogens with zero attached hydrogens (tertiary/aromatic N) is 1. The Balaban J connectivity index is 2.26. The molecule has 108 valence electrons. The summed E-state index contributed by atoms with van der Waals surface area (Å²) in [4.78, 5) is 22.0. The minimum Gasteiger partial charge on any atom is -0.322 e. The zero-order chi connectivity index (χ0) is 15.6. The number of nitro groups is 1. The van der Waals surface area contributed by atoms with Crippen molar-refractivity contribution in [3.05, 3.63) is 68.5 Å². The molecule has 0 heterocycles. The maximum absolute atomic E-state index is 13.2. The predicted octanol–water partition coefficient (Wildman–Crippen LogP) is 3.95. The highest BCUT2D eigenvalue weighted by Crippen LogP contribution is 2.23. The van der Waals surface area contributed by atoms with Crippen LogP contribution in [-0.2, 0) is 0 Å². The Labute approximate surface area is 124 Å². The monoisotopic (exact) mass is 308 g/mol. The van der Waals surface area contributed by atoms with Gasteiger partial charge in [-0.05, 0) is 36.8 Å². The van der Waals surface area contributed by atoms with Crippen molar-refractivity contribution in [3.63, 3.8) is 0 Å². The smallest absolute Gasteiger partial charge is 0.270 e. The number of nitrogens with one attached hydrogen (secondary N) is 1. The summed E-state index contributed by atoms with van der Waals surface area (Å²) in [6.07, 6.45) is 0. The van der Waals surface area contributed by atoms with E-state index in [1.165, 1.54) is 24.3 Å². The first-order valence-electron chi connectivity index (χ1n) is 5.89. The first-order valence-corrected chi connectivity index (χ1v) is 6.27. The van der Waals surface area contributed by atoms with E-state index in [9.17, 15) is 19.3 Å². The van der Waals surface area contributed by atoms with Crippen molar-refractivity contribution in [3.8, 4) is 0 Å². The van der Waals surface area contributed by atoms with Gasteiger partial charge in [-0.2, -0.15) is 0 Å². The number of carbonyl (C=O) groups excluding carboxylic acids is 1. The Bertz CT molecular complexity index is 714. The number of hydrogen-bond acceptors (Lipinski definition) is 3. The van der Waals surface area contributed by atoms with Crippen LogP contribution in [0, 0.1) is 22.9 Å². The van der Waals surface area contributed by atoms with Crippen LogP contribution in [0.4, 0.5) is 15.8 Å². The number of non-ortho nitro benzene ring substituents is 1. The molecule has 2 aromatic rings. The number of carbonyl (C=O) groups is 1. The lowest BCUT2D eigenvalue weighted by Gasteiger charge is -2.08. The van der Waals surface area contributed by atoms with Crippen LogP contribution in [0.15, 0.2) is 36.4 Å². The van der Waals surface area contributed by atoms with Gasteiger partial charge in [-0.25, -0.2) is 4.39 Å². The third-order valence-electron chi connectivity index (χ3n) is 2.71. The predicted molar refractivity (Wildman–Crippen MR) is 77.2 cm³/mol. The van der Waals surface area contributed by atoms with Gasteiger partial charge in [-0.1, -0.05) is 11.6 Å². The fraction of sp³-hybridized carbons (Fsp3) is 0.0714. The molecule has 0 aliphatic rings. The van der Waals surface area contributed by atoms with E-state index >= 15 is 0 Å². The summed E-state index contributed by atoms with van der Waals surface area (Å²) >= 11 is 5.86. The van der Waals surface area contributed by atoms with Crippen LogP contribution in [0.25, 0.3) is 0 Å². The molecule has 0 saturated carbocycles. The van der Waals surface area contributed by atoms with Gasteiger partial charge in [0.25, 0.3) is 11.6 Å². The van der Waals surface area contributed by atoms with Crippen LogP contribution in [-0.4, -0.2) is 10.8 Å². The van der Waals surface area contributed by atoms with Gasteiger partial charge < -0.3 is 5.32 Å². The second-order valence-corrected chi connectivity index (χ2v) is 4.80. The van der Waals surface area contributed by atoms with Crippen LogP contribution in [0.2, 0.25) is 5.02 Å². The van der Waals surface area contributed by atoms with Gasteiger partial charge in [0.05, 0.1) is 15.5 Å². The standard InChI is InChI=1S/C14H10ClFN2O3/c1-8-4-9(16)6-10(5-8)17-14(19)12-3-2-11(18(20)21)7-13(12)15/h2-7H,1H3,(H,17,19). The fourth-order valence-corrected chi connectivity index (χ4v) is 2.07. The van der Waals surface area contributed by atoms with Crippen LogP contribution in [0.3, 0.4) is 0 Å². The van der Waals surface area contributed by atoms with Crippen LogP contribution < -0.4 is 5.32 Å². The zero-order valence-corrected chi connectivity index (χ0v) is 11.6. The summed E-state index contributed by atoms with van der Waals surface area (Å²) in [5.41, 5.74) is 0.800. The molecule has 0 spiro atoms. The molecule has 0 aliphatic heterocycles. The van der Waals surface area contributed by atoms with Crippen LogP contribution in [0.1, 0.15) is 15.9 Å². The number of benzene rings is 2. The van der Waals surface area contributed by atoms with Crippen molar-refractivity contribution in [2.75, 3.05) is 5.32 Å². The average Bonchev–Trinajstić information content (AvgIpc) is 2.36. The molecule has 1 amide bonds. The summed E-state index contributed by atoms with van der Waals surface area (Å²) in [7, 11) is 0. The highest BCUT2D eigenvalue weighted by Gasteiger charge is 2.15. The molecule has 0 unspecified atom stereocenters. The maximum Gasteiger partial charge on any atom is 0.270 e. The number of hydrogen-bond donors (Lipinski definition) is 1.